The molecule has 0 unspecified atom stereocenters. The van der Waals surface area contributed by atoms with Crippen LogP contribution < -0.4 is 11.3 Å². The highest BCUT2D eigenvalue weighted by atomic mass is 16.3. The second-order valence-electron chi connectivity index (χ2n) is 1.31. The molecule has 1 rings (SSSR count). The van der Waals surface area contributed by atoms with E-state index in [9.17, 15) is 5.11 Å². The molecule has 0 bridgehead atoms. The zero-order valence-corrected chi connectivity index (χ0v) is 4.50. The second-order valence-corrected chi connectivity index (χ2v) is 1.31. The van der Waals surface area contributed by atoms with Crippen molar-refractivity contribution in [2.45, 2.75) is 0 Å². The van der Waals surface area contributed by atoms with Crippen LogP contribution in [0.4, 0.5) is 0 Å². The molecule has 8 heavy (non-hydrogen) atoms. The Hall–Kier alpha value is -1.02. The SMILES string of the molecule is N.[O-]c1ccccc1. The highest BCUT2D eigenvalue weighted by molar-refractivity contribution is 5.17. The number of rotatable bonds is 0. The van der Waals surface area contributed by atoms with E-state index >= 15 is 0 Å². The van der Waals surface area contributed by atoms with E-state index in [0.717, 1.165) is 0 Å². The van der Waals surface area contributed by atoms with Gasteiger partial charge >= 0.3 is 0 Å². The van der Waals surface area contributed by atoms with Gasteiger partial charge in [0.1, 0.15) is 0 Å². The fourth-order valence-corrected chi connectivity index (χ4v) is 0.420. The Labute approximate surface area is 48.4 Å². The first-order valence-electron chi connectivity index (χ1n) is 2.11. The van der Waals surface area contributed by atoms with E-state index in [2.05, 4.69) is 0 Å². The van der Waals surface area contributed by atoms with Crippen LogP contribution in [-0.4, -0.2) is 0 Å². The molecule has 0 aliphatic rings. The number of hydrogen-bond acceptors (Lipinski definition) is 2. The van der Waals surface area contributed by atoms with Crippen LogP contribution in [0.15, 0.2) is 30.3 Å². The van der Waals surface area contributed by atoms with Crippen LogP contribution >= 0.6 is 0 Å². The molecule has 0 saturated carbocycles. The van der Waals surface area contributed by atoms with Crippen LogP contribution in [0, 0.1) is 0 Å². The fraction of sp³-hybridized carbons (Fsp3) is 0. The molecule has 1 aromatic carbocycles. The van der Waals surface area contributed by atoms with E-state index in [-0.39, 0.29) is 11.9 Å². The summed E-state index contributed by atoms with van der Waals surface area (Å²) in [6.07, 6.45) is 0. The van der Waals surface area contributed by atoms with E-state index in [1.807, 2.05) is 6.07 Å². The van der Waals surface area contributed by atoms with Crippen molar-refractivity contribution in [3.63, 3.8) is 0 Å². The average Bonchev–Trinajstić information content (AvgIpc) is 1.69. The van der Waals surface area contributed by atoms with Crippen molar-refractivity contribution in [3.05, 3.63) is 30.3 Å². The third-order valence-corrected chi connectivity index (χ3v) is 0.743. The van der Waals surface area contributed by atoms with Crippen molar-refractivity contribution in [1.29, 1.82) is 0 Å². The predicted molar refractivity (Wildman–Crippen MR) is 30.9 cm³/mol. The maximum absolute atomic E-state index is 10.3. The number of benzene rings is 1. The molecule has 0 atom stereocenters. The molecule has 2 heteroatoms. The van der Waals surface area contributed by atoms with Crippen LogP contribution in [0.25, 0.3) is 0 Å². The average molecular weight is 110 g/mol. The standard InChI is InChI=1S/C6H6O.H3N/c7-6-4-2-1-3-5-6;/h1-5,7H;1H3/p-1. The Morgan fingerprint density at radius 2 is 1.50 bits per heavy atom. The van der Waals surface area contributed by atoms with E-state index in [0.29, 0.717) is 0 Å². The largest absolute Gasteiger partial charge is 0.872 e. The lowest BCUT2D eigenvalue weighted by atomic mass is 10.3. The van der Waals surface area contributed by atoms with Gasteiger partial charge in [-0.25, -0.2) is 0 Å². The van der Waals surface area contributed by atoms with Gasteiger partial charge < -0.3 is 11.3 Å². The van der Waals surface area contributed by atoms with E-state index in [4.69, 9.17) is 0 Å². The Balaban J connectivity index is 0.000000490. The summed E-state index contributed by atoms with van der Waals surface area (Å²) >= 11 is 0. The van der Waals surface area contributed by atoms with Gasteiger partial charge in [0.05, 0.1) is 0 Å². The lowest BCUT2D eigenvalue weighted by Crippen LogP contribution is -1.85. The van der Waals surface area contributed by atoms with Crippen molar-refractivity contribution >= 4 is 0 Å². The summed E-state index contributed by atoms with van der Waals surface area (Å²) < 4.78 is 0. The highest BCUT2D eigenvalue weighted by Crippen LogP contribution is 1.98. The molecular formula is C6H8NO-. The van der Waals surface area contributed by atoms with Crippen LogP contribution in [0.5, 0.6) is 5.75 Å². The minimum atomic E-state index is 0. The van der Waals surface area contributed by atoms with Crippen LogP contribution in [0.1, 0.15) is 0 Å². The Bertz CT molecular complexity index is 138. The quantitative estimate of drug-likeness (QED) is 0.540. The molecule has 3 N–H and O–H groups in total. The van der Waals surface area contributed by atoms with Gasteiger partial charge in [0, 0.05) is 0 Å². The molecule has 0 amide bonds. The molecule has 0 saturated heterocycles. The fourth-order valence-electron chi connectivity index (χ4n) is 0.420. The van der Waals surface area contributed by atoms with Gasteiger partial charge in [0.15, 0.2) is 0 Å². The number of para-hydroxylation sites is 1. The summed E-state index contributed by atoms with van der Waals surface area (Å²) in [5, 5.41) is 10.3. The molecule has 0 aliphatic heterocycles. The van der Waals surface area contributed by atoms with Crippen molar-refractivity contribution < 1.29 is 5.11 Å². The zero-order valence-electron chi connectivity index (χ0n) is 4.50. The monoisotopic (exact) mass is 110 g/mol. The third kappa shape index (κ3) is 1.62. The highest BCUT2D eigenvalue weighted by Gasteiger charge is 1.64. The van der Waals surface area contributed by atoms with E-state index < -0.39 is 0 Å². The molecule has 2 nitrogen and oxygen atoms in total. The summed E-state index contributed by atoms with van der Waals surface area (Å²) in [7, 11) is 0. The maximum Gasteiger partial charge on any atom is -0.0623 e. The van der Waals surface area contributed by atoms with Gasteiger partial charge in [-0.3, -0.25) is 0 Å². The minimum Gasteiger partial charge on any atom is -0.872 e. The normalized spacial score (nSPS) is 7.50. The molecular weight excluding hydrogens is 102 g/mol. The van der Waals surface area contributed by atoms with Crippen LogP contribution in [0.3, 0.4) is 0 Å². The van der Waals surface area contributed by atoms with Crippen molar-refractivity contribution in [2.75, 3.05) is 0 Å². The smallest absolute Gasteiger partial charge is 0.0623 e. The Morgan fingerprint density at radius 1 is 1.00 bits per heavy atom. The first-order chi connectivity index (χ1) is 3.39. The lowest BCUT2D eigenvalue weighted by Gasteiger charge is -1.98. The first kappa shape index (κ1) is 6.98. The van der Waals surface area contributed by atoms with Gasteiger partial charge in [0.25, 0.3) is 0 Å². The van der Waals surface area contributed by atoms with Crippen molar-refractivity contribution in [1.82, 2.24) is 6.15 Å². The van der Waals surface area contributed by atoms with Crippen molar-refractivity contribution in [3.8, 4) is 5.75 Å². The summed E-state index contributed by atoms with van der Waals surface area (Å²) in [4.78, 5) is 0. The molecule has 0 aliphatic carbocycles. The molecule has 0 aromatic heterocycles. The van der Waals surface area contributed by atoms with Gasteiger partial charge in [-0.2, -0.15) is 0 Å². The Morgan fingerprint density at radius 3 is 1.75 bits per heavy atom. The van der Waals surface area contributed by atoms with Gasteiger partial charge in [-0.05, 0) is 0 Å². The van der Waals surface area contributed by atoms with E-state index in [1.54, 1.807) is 12.1 Å². The molecule has 0 radical (unpaired) electrons. The van der Waals surface area contributed by atoms with Crippen LogP contribution in [-0.2, 0) is 0 Å². The molecule has 0 fully saturated rings. The van der Waals surface area contributed by atoms with Gasteiger partial charge in [-0.15, -0.1) is 5.75 Å². The summed E-state index contributed by atoms with van der Waals surface area (Å²) in [6, 6.07) is 8.33. The summed E-state index contributed by atoms with van der Waals surface area (Å²) in [5.41, 5.74) is 0. The van der Waals surface area contributed by atoms with Gasteiger partial charge in [0.2, 0.25) is 0 Å². The Kier molecular flexibility index (Phi) is 2.66. The molecule has 1 aromatic rings. The lowest BCUT2D eigenvalue weighted by molar-refractivity contribution is -0.268. The summed E-state index contributed by atoms with van der Waals surface area (Å²) in [5.74, 6) is 0.0718. The first-order valence-corrected chi connectivity index (χ1v) is 2.11. The van der Waals surface area contributed by atoms with Crippen LogP contribution in [0.2, 0.25) is 0 Å². The third-order valence-electron chi connectivity index (χ3n) is 0.743. The maximum atomic E-state index is 10.3. The minimum absolute atomic E-state index is 0. The second kappa shape index (κ2) is 3.04. The zero-order chi connectivity index (χ0) is 5.11. The molecule has 44 valence electrons. The van der Waals surface area contributed by atoms with Crippen molar-refractivity contribution in [2.24, 2.45) is 0 Å². The predicted octanol–water partition coefficient (Wildman–Crippen LogP) is 0.922. The summed E-state index contributed by atoms with van der Waals surface area (Å²) in [6.45, 7) is 0. The van der Waals surface area contributed by atoms with Gasteiger partial charge in [-0.1, -0.05) is 30.3 Å². The molecule has 0 heterocycles. The topological polar surface area (TPSA) is 58.1 Å². The van der Waals surface area contributed by atoms with E-state index in [1.165, 1.54) is 12.1 Å². The molecule has 0 spiro atoms. The number of hydrogen-bond donors (Lipinski definition) is 1.